The highest BCUT2D eigenvalue weighted by Crippen LogP contribution is 2.26. The molecule has 0 amide bonds. The predicted octanol–water partition coefficient (Wildman–Crippen LogP) is 6.21. The summed E-state index contributed by atoms with van der Waals surface area (Å²) in [6.45, 7) is 6.22. The molecule has 0 N–H and O–H groups in total. The SMILES string of the molecule is CCOC(=O)C(C)(Cc1ccc(OCCc2nc(-c3ccccc3)oc2C)cc1)Oc1ccccc1. The fraction of sp³-hybridized carbons (Fsp3) is 0.267. The number of carbonyl (C=O) groups is 1. The normalized spacial score (nSPS) is 12.5. The molecule has 1 aromatic heterocycles. The van der Waals surface area contributed by atoms with Crippen molar-refractivity contribution in [2.75, 3.05) is 13.2 Å². The Morgan fingerprint density at radius 2 is 1.58 bits per heavy atom. The van der Waals surface area contributed by atoms with Crippen molar-refractivity contribution < 1.29 is 23.4 Å². The zero-order valence-corrected chi connectivity index (χ0v) is 20.9. The number of benzene rings is 3. The summed E-state index contributed by atoms with van der Waals surface area (Å²) in [6.07, 6.45) is 0.997. The maximum Gasteiger partial charge on any atom is 0.350 e. The summed E-state index contributed by atoms with van der Waals surface area (Å²) in [4.78, 5) is 17.4. The van der Waals surface area contributed by atoms with E-state index in [-0.39, 0.29) is 6.61 Å². The van der Waals surface area contributed by atoms with Gasteiger partial charge in [-0.05, 0) is 62.7 Å². The van der Waals surface area contributed by atoms with Crippen molar-refractivity contribution in [1.29, 1.82) is 0 Å². The number of nitrogens with zero attached hydrogens (tertiary/aromatic N) is 1. The summed E-state index contributed by atoms with van der Waals surface area (Å²) in [7, 11) is 0. The van der Waals surface area contributed by atoms with Gasteiger partial charge in [-0.25, -0.2) is 9.78 Å². The number of esters is 1. The molecule has 0 aliphatic rings. The van der Waals surface area contributed by atoms with Crippen LogP contribution in [-0.2, 0) is 22.4 Å². The van der Waals surface area contributed by atoms with E-state index in [1.807, 2.05) is 91.9 Å². The standard InChI is InChI=1S/C30H31NO5/c1-4-33-29(32)30(3,36-26-13-9-6-10-14-26)21-23-15-17-25(18-16-23)34-20-19-27-22(2)35-28(31-27)24-11-7-5-8-12-24/h5-18H,4,19-21H2,1-3H3. The zero-order chi connectivity index (χ0) is 25.4. The number of rotatable bonds is 11. The molecule has 186 valence electrons. The van der Waals surface area contributed by atoms with Crippen LogP contribution in [0.1, 0.15) is 30.9 Å². The first-order valence-electron chi connectivity index (χ1n) is 12.1. The molecule has 6 heteroatoms. The maximum atomic E-state index is 12.8. The molecule has 1 atom stereocenters. The lowest BCUT2D eigenvalue weighted by molar-refractivity contribution is -0.160. The Bertz CT molecular complexity index is 1250. The quantitative estimate of drug-likeness (QED) is 0.235. The van der Waals surface area contributed by atoms with Crippen LogP contribution >= 0.6 is 0 Å². The lowest BCUT2D eigenvalue weighted by Crippen LogP contribution is -2.45. The first-order chi connectivity index (χ1) is 17.5. The van der Waals surface area contributed by atoms with E-state index < -0.39 is 11.6 Å². The molecule has 0 bridgehead atoms. The van der Waals surface area contributed by atoms with E-state index in [1.165, 1.54) is 0 Å². The molecular formula is C30H31NO5. The number of hydrogen-bond donors (Lipinski definition) is 0. The third kappa shape index (κ3) is 6.33. The molecule has 0 aliphatic heterocycles. The highest BCUT2D eigenvalue weighted by molar-refractivity contribution is 5.80. The molecule has 4 rings (SSSR count). The van der Waals surface area contributed by atoms with Gasteiger partial charge in [0, 0.05) is 18.4 Å². The smallest absolute Gasteiger partial charge is 0.350 e. The van der Waals surface area contributed by atoms with Crippen molar-refractivity contribution in [1.82, 2.24) is 4.98 Å². The van der Waals surface area contributed by atoms with Gasteiger partial charge in [-0.1, -0.05) is 48.5 Å². The van der Waals surface area contributed by atoms with E-state index in [0.29, 0.717) is 31.1 Å². The molecule has 1 unspecified atom stereocenters. The van der Waals surface area contributed by atoms with Crippen molar-refractivity contribution in [3.63, 3.8) is 0 Å². The first kappa shape index (κ1) is 25.0. The molecule has 0 saturated heterocycles. The zero-order valence-electron chi connectivity index (χ0n) is 20.9. The van der Waals surface area contributed by atoms with Crippen LogP contribution in [0.2, 0.25) is 0 Å². The predicted molar refractivity (Wildman–Crippen MR) is 138 cm³/mol. The monoisotopic (exact) mass is 485 g/mol. The number of para-hydroxylation sites is 1. The van der Waals surface area contributed by atoms with Crippen LogP contribution in [0.15, 0.2) is 89.3 Å². The molecule has 6 nitrogen and oxygen atoms in total. The fourth-order valence-electron chi connectivity index (χ4n) is 3.91. The Balaban J connectivity index is 1.36. The van der Waals surface area contributed by atoms with Crippen molar-refractivity contribution in [3.05, 3.63) is 102 Å². The Kier molecular flexibility index (Phi) is 8.06. The van der Waals surface area contributed by atoms with Crippen LogP contribution in [-0.4, -0.2) is 29.8 Å². The van der Waals surface area contributed by atoms with Crippen LogP contribution in [0.5, 0.6) is 11.5 Å². The van der Waals surface area contributed by atoms with E-state index in [4.69, 9.17) is 18.6 Å². The van der Waals surface area contributed by atoms with Crippen molar-refractivity contribution in [2.24, 2.45) is 0 Å². The van der Waals surface area contributed by atoms with Crippen molar-refractivity contribution in [2.45, 2.75) is 39.2 Å². The minimum Gasteiger partial charge on any atom is -0.493 e. The molecule has 0 saturated carbocycles. The van der Waals surface area contributed by atoms with Crippen LogP contribution in [0.4, 0.5) is 0 Å². The lowest BCUT2D eigenvalue weighted by Gasteiger charge is -2.28. The van der Waals surface area contributed by atoms with E-state index in [0.717, 1.165) is 28.3 Å². The summed E-state index contributed by atoms with van der Waals surface area (Å²) in [6, 6.07) is 26.8. The number of aryl methyl sites for hydroxylation is 1. The minimum atomic E-state index is -1.15. The minimum absolute atomic E-state index is 0.289. The molecule has 0 fully saturated rings. The molecular weight excluding hydrogens is 454 g/mol. The number of hydrogen-bond acceptors (Lipinski definition) is 6. The van der Waals surface area contributed by atoms with E-state index in [9.17, 15) is 4.79 Å². The highest BCUT2D eigenvalue weighted by Gasteiger charge is 2.37. The fourth-order valence-corrected chi connectivity index (χ4v) is 3.91. The van der Waals surface area contributed by atoms with Gasteiger partial charge in [0.15, 0.2) is 0 Å². The third-order valence-electron chi connectivity index (χ3n) is 5.78. The Morgan fingerprint density at radius 1 is 0.917 bits per heavy atom. The average molecular weight is 486 g/mol. The number of carbonyl (C=O) groups excluding carboxylic acids is 1. The highest BCUT2D eigenvalue weighted by atomic mass is 16.6. The topological polar surface area (TPSA) is 70.8 Å². The molecule has 3 aromatic carbocycles. The van der Waals surface area contributed by atoms with Gasteiger partial charge in [-0.15, -0.1) is 0 Å². The molecule has 0 aliphatic carbocycles. The second-order valence-corrected chi connectivity index (χ2v) is 8.67. The number of ether oxygens (including phenoxy) is 3. The molecule has 0 radical (unpaired) electrons. The Hall–Kier alpha value is -4.06. The van der Waals surface area contributed by atoms with Gasteiger partial charge >= 0.3 is 5.97 Å². The third-order valence-corrected chi connectivity index (χ3v) is 5.78. The Labute approximate surface area is 211 Å². The maximum absolute atomic E-state index is 12.8. The van der Waals surface area contributed by atoms with Gasteiger partial charge in [0.25, 0.3) is 0 Å². The van der Waals surface area contributed by atoms with Gasteiger partial charge in [0.1, 0.15) is 17.3 Å². The van der Waals surface area contributed by atoms with Gasteiger partial charge in [0.05, 0.1) is 18.9 Å². The Morgan fingerprint density at radius 3 is 2.25 bits per heavy atom. The van der Waals surface area contributed by atoms with Gasteiger partial charge in [0.2, 0.25) is 11.5 Å². The van der Waals surface area contributed by atoms with E-state index in [2.05, 4.69) is 4.98 Å². The summed E-state index contributed by atoms with van der Waals surface area (Å²) in [5.74, 6) is 2.38. The van der Waals surface area contributed by atoms with Crippen molar-refractivity contribution >= 4 is 5.97 Å². The van der Waals surface area contributed by atoms with Crippen LogP contribution in [0, 0.1) is 6.92 Å². The van der Waals surface area contributed by atoms with Crippen molar-refractivity contribution in [3.8, 4) is 23.0 Å². The van der Waals surface area contributed by atoms with Crippen LogP contribution < -0.4 is 9.47 Å². The molecule has 1 heterocycles. The van der Waals surface area contributed by atoms with E-state index >= 15 is 0 Å². The first-order valence-corrected chi connectivity index (χ1v) is 12.1. The summed E-state index contributed by atoms with van der Waals surface area (Å²) in [5, 5.41) is 0. The second-order valence-electron chi connectivity index (χ2n) is 8.67. The molecule has 36 heavy (non-hydrogen) atoms. The van der Waals surface area contributed by atoms with Crippen LogP contribution in [0.25, 0.3) is 11.5 Å². The second kappa shape index (κ2) is 11.6. The summed E-state index contributed by atoms with van der Waals surface area (Å²) in [5.41, 5.74) is 1.62. The van der Waals surface area contributed by atoms with Gasteiger partial charge in [-0.2, -0.15) is 0 Å². The summed E-state index contributed by atoms with van der Waals surface area (Å²) < 4.78 is 23.2. The molecule has 4 aromatic rings. The largest absolute Gasteiger partial charge is 0.493 e. The number of aromatic nitrogens is 1. The van der Waals surface area contributed by atoms with Gasteiger partial charge in [-0.3, -0.25) is 0 Å². The lowest BCUT2D eigenvalue weighted by atomic mass is 9.96. The summed E-state index contributed by atoms with van der Waals surface area (Å²) >= 11 is 0. The van der Waals surface area contributed by atoms with Crippen LogP contribution in [0.3, 0.4) is 0 Å². The van der Waals surface area contributed by atoms with E-state index in [1.54, 1.807) is 13.8 Å². The average Bonchev–Trinajstić information content (AvgIpc) is 3.26. The van der Waals surface area contributed by atoms with Gasteiger partial charge < -0.3 is 18.6 Å². The molecule has 0 spiro atoms. The number of oxazole rings is 1.